The first kappa shape index (κ1) is 29.5. The van der Waals surface area contributed by atoms with Crippen molar-refractivity contribution in [3.8, 4) is 11.1 Å². The molecule has 0 bridgehead atoms. The Morgan fingerprint density at radius 3 is 2.21 bits per heavy atom. The number of anilines is 1. The molecule has 1 fully saturated rings. The van der Waals surface area contributed by atoms with Crippen LogP contribution in [0.1, 0.15) is 29.5 Å². The van der Waals surface area contributed by atoms with Crippen molar-refractivity contribution < 1.29 is 9.53 Å². The van der Waals surface area contributed by atoms with Gasteiger partial charge in [0, 0.05) is 58.1 Å². The van der Waals surface area contributed by atoms with E-state index in [-0.39, 0.29) is 12.1 Å². The smallest absolute Gasteiger partial charge is 0.322 e. The zero-order valence-electron chi connectivity index (χ0n) is 24.5. The zero-order chi connectivity index (χ0) is 29.0. The van der Waals surface area contributed by atoms with Crippen molar-refractivity contribution in [2.75, 3.05) is 38.7 Å². The lowest BCUT2D eigenvalue weighted by Gasteiger charge is -2.38. The number of amides is 2. The highest BCUT2D eigenvalue weighted by atomic mass is 16.5. The maximum atomic E-state index is 13.6. The number of hydrogen-bond donors (Lipinski definition) is 2. The molecule has 1 aliphatic rings. The first-order valence-corrected chi connectivity index (χ1v) is 14.9. The predicted molar refractivity (Wildman–Crippen MR) is 171 cm³/mol. The van der Waals surface area contributed by atoms with Gasteiger partial charge in [0.1, 0.15) is 0 Å². The average molecular weight is 563 g/mol. The number of nitrogens with one attached hydrogen (secondary N) is 2. The van der Waals surface area contributed by atoms with Crippen molar-refractivity contribution in [1.82, 2.24) is 15.1 Å². The average Bonchev–Trinajstić information content (AvgIpc) is 3.04. The molecule has 0 unspecified atom stereocenters. The van der Waals surface area contributed by atoms with Gasteiger partial charge in [-0.2, -0.15) is 0 Å². The summed E-state index contributed by atoms with van der Waals surface area (Å²) in [5, 5.41) is 6.55. The molecule has 1 heterocycles. The Morgan fingerprint density at radius 1 is 0.810 bits per heavy atom. The highest BCUT2D eigenvalue weighted by Gasteiger charge is 2.28. The number of benzene rings is 4. The maximum Gasteiger partial charge on any atom is 0.322 e. The SMILES string of the molecule is COCCNCc1cccc(-c2ccc(CN(C(=O)Nc3ccccc3)C3CCN(Cc4ccccc4)CC3)cc2)c1. The summed E-state index contributed by atoms with van der Waals surface area (Å²) < 4.78 is 5.13. The number of carbonyl (C=O) groups excluding carboxylic acids is 1. The summed E-state index contributed by atoms with van der Waals surface area (Å²) in [6.45, 7) is 5.82. The number of ether oxygens (including phenoxy) is 1. The molecule has 6 heteroatoms. The van der Waals surface area contributed by atoms with E-state index in [1.165, 1.54) is 22.3 Å². The van der Waals surface area contributed by atoms with E-state index in [4.69, 9.17) is 4.74 Å². The molecule has 2 N–H and O–H groups in total. The van der Waals surface area contributed by atoms with Gasteiger partial charge in [0.2, 0.25) is 0 Å². The summed E-state index contributed by atoms with van der Waals surface area (Å²) in [5.74, 6) is 0. The lowest BCUT2D eigenvalue weighted by Crippen LogP contribution is -2.48. The van der Waals surface area contributed by atoms with Gasteiger partial charge in [-0.3, -0.25) is 4.90 Å². The highest BCUT2D eigenvalue weighted by molar-refractivity contribution is 5.89. The molecule has 1 saturated heterocycles. The third-order valence-corrected chi connectivity index (χ3v) is 7.91. The Kier molecular flexibility index (Phi) is 10.8. The van der Waals surface area contributed by atoms with Crippen molar-refractivity contribution >= 4 is 11.7 Å². The van der Waals surface area contributed by atoms with Gasteiger partial charge in [0.05, 0.1) is 6.61 Å². The minimum Gasteiger partial charge on any atom is -0.383 e. The van der Waals surface area contributed by atoms with Crippen molar-refractivity contribution in [3.05, 3.63) is 126 Å². The monoisotopic (exact) mass is 562 g/mol. The van der Waals surface area contributed by atoms with Crippen LogP contribution in [0.2, 0.25) is 0 Å². The quantitative estimate of drug-likeness (QED) is 0.187. The van der Waals surface area contributed by atoms with E-state index in [9.17, 15) is 4.79 Å². The van der Waals surface area contributed by atoms with Crippen LogP contribution in [-0.4, -0.2) is 55.2 Å². The lowest BCUT2D eigenvalue weighted by atomic mass is 10.00. The van der Waals surface area contributed by atoms with Crippen molar-refractivity contribution in [2.24, 2.45) is 0 Å². The van der Waals surface area contributed by atoms with Gasteiger partial charge in [0.15, 0.2) is 0 Å². The topological polar surface area (TPSA) is 56.8 Å². The third-order valence-electron chi connectivity index (χ3n) is 7.91. The molecule has 0 aromatic heterocycles. The van der Waals surface area contributed by atoms with E-state index in [2.05, 4.69) is 94.4 Å². The van der Waals surface area contributed by atoms with Gasteiger partial charge in [-0.05, 0) is 58.9 Å². The van der Waals surface area contributed by atoms with E-state index in [1.54, 1.807) is 7.11 Å². The van der Waals surface area contributed by atoms with Crippen LogP contribution in [0.25, 0.3) is 11.1 Å². The van der Waals surface area contributed by atoms with Gasteiger partial charge in [-0.15, -0.1) is 0 Å². The largest absolute Gasteiger partial charge is 0.383 e. The Bertz CT molecular complexity index is 1370. The Balaban J connectivity index is 1.25. The minimum atomic E-state index is -0.0412. The number of para-hydroxylation sites is 1. The maximum absolute atomic E-state index is 13.6. The fourth-order valence-corrected chi connectivity index (χ4v) is 5.58. The van der Waals surface area contributed by atoms with E-state index in [0.717, 1.165) is 56.8 Å². The summed E-state index contributed by atoms with van der Waals surface area (Å²) in [4.78, 5) is 18.2. The standard InChI is InChI=1S/C36H42N4O2/c1-42-24-21-37-26-31-11-8-12-33(25-31)32-17-15-30(16-18-32)28-40(36(41)38-34-13-6-3-7-14-34)35-19-22-39(23-20-35)27-29-9-4-2-5-10-29/h2-18,25,35,37H,19-24,26-28H2,1H3,(H,38,41). The summed E-state index contributed by atoms with van der Waals surface area (Å²) in [5.41, 5.74) is 6.90. The van der Waals surface area contributed by atoms with Crippen LogP contribution in [0.3, 0.4) is 0 Å². The molecule has 1 aliphatic heterocycles. The summed E-state index contributed by atoms with van der Waals surface area (Å²) in [6.07, 6.45) is 1.91. The second kappa shape index (κ2) is 15.3. The van der Waals surface area contributed by atoms with Crippen LogP contribution in [0.15, 0.2) is 109 Å². The molecular formula is C36H42N4O2. The Hall–Kier alpha value is -3.97. The minimum absolute atomic E-state index is 0.0412. The number of hydrogen-bond acceptors (Lipinski definition) is 4. The lowest BCUT2D eigenvalue weighted by molar-refractivity contribution is 0.120. The van der Waals surface area contributed by atoms with Crippen molar-refractivity contribution in [1.29, 1.82) is 0 Å². The Morgan fingerprint density at radius 2 is 1.50 bits per heavy atom. The van der Waals surface area contributed by atoms with Crippen LogP contribution < -0.4 is 10.6 Å². The number of carbonyl (C=O) groups is 1. The number of methoxy groups -OCH3 is 1. The van der Waals surface area contributed by atoms with Crippen LogP contribution in [0.4, 0.5) is 10.5 Å². The highest BCUT2D eigenvalue weighted by Crippen LogP contribution is 2.25. The number of rotatable bonds is 12. The molecule has 218 valence electrons. The van der Waals surface area contributed by atoms with Crippen LogP contribution in [-0.2, 0) is 24.4 Å². The molecule has 4 aromatic carbocycles. The van der Waals surface area contributed by atoms with E-state index >= 15 is 0 Å². The first-order chi connectivity index (χ1) is 20.7. The molecule has 0 radical (unpaired) electrons. The van der Waals surface area contributed by atoms with Gasteiger partial charge in [-0.1, -0.05) is 91.0 Å². The number of likely N-dealkylation sites (tertiary alicyclic amines) is 1. The van der Waals surface area contributed by atoms with E-state index in [1.807, 2.05) is 35.2 Å². The van der Waals surface area contributed by atoms with Gasteiger partial charge >= 0.3 is 6.03 Å². The summed E-state index contributed by atoms with van der Waals surface area (Å²) in [6, 6.07) is 37.8. The second-order valence-electron chi connectivity index (χ2n) is 11.0. The van der Waals surface area contributed by atoms with Crippen LogP contribution in [0.5, 0.6) is 0 Å². The van der Waals surface area contributed by atoms with Crippen LogP contribution in [0, 0.1) is 0 Å². The molecule has 5 rings (SSSR count). The molecule has 0 spiro atoms. The summed E-state index contributed by atoms with van der Waals surface area (Å²) in [7, 11) is 1.72. The molecule has 0 saturated carbocycles. The van der Waals surface area contributed by atoms with Crippen LogP contribution >= 0.6 is 0 Å². The first-order valence-electron chi connectivity index (χ1n) is 14.9. The fraction of sp³-hybridized carbons (Fsp3) is 0.306. The molecule has 2 amide bonds. The summed E-state index contributed by atoms with van der Waals surface area (Å²) >= 11 is 0. The fourth-order valence-electron chi connectivity index (χ4n) is 5.58. The molecule has 0 aliphatic carbocycles. The predicted octanol–water partition coefficient (Wildman–Crippen LogP) is 6.79. The third kappa shape index (κ3) is 8.52. The number of nitrogens with zero attached hydrogens (tertiary/aromatic N) is 2. The van der Waals surface area contributed by atoms with Crippen molar-refractivity contribution in [3.63, 3.8) is 0 Å². The van der Waals surface area contributed by atoms with E-state index < -0.39 is 0 Å². The molecule has 0 atom stereocenters. The van der Waals surface area contributed by atoms with Gasteiger partial charge in [0.25, 0.3) is 0 Å². The van der Waals surface area contributed by atoms with Gasteiger partial charge in [-0.25, -0.2) is 4.79 Å². The number of urea groups is 1. The molecular weight excluding hydrogens is 520 g/mol. The van der Waals surface area contributed by atoms with E-state index in [0.29, 0.717) is 13.2 Å². The molecule has 6 nitrogen and oxygen atoms in total. The van der Waals surface area contributed by atoms with Crippen molar-refractivity contribution in [2.45, 2.75) is 38.5 Å². The second-order valence-corrected chi connectivity index (χ2v) is 11.0. The van der Waals surface area contributed by atoms with Gasteiger partial charge < -0.3 is 20.3 Å². The zero-order valence-corrected chi connectivity index (χ0v) is 24.5. The Labute approximate surface area is 250 Å². The molecule has 42 heavy (non-hydrogen) atoms. The number of piperidine rings is 1. The normalized spacial score (nSPS) is 14.0. The molecule has 4 aromatic rings.